The minimum Gasteiger partial charge on any atom is -0.444 e. The van der Waals surface area contributed by atoms with Crippen molar-refractivity contribution >= 4 is 29.3 Å². The zero-order valence-electron chi connectivity index (χ0n) is 8.48. The second-order valence-electron chi connectivity index (χ2n) is 3.22. The first kappa shape index (κ1) is 13.1. The van der Waals surface area contributed by atoms with E-state index in [0.29, 0.717) is 15.6 Å². The summed E-state index contributed by atoms with van der Waals surface area (Å²) < 4.78 is 4.65. The highest BCUT2D eigenvalue weighted by Gasteiger charge is 2.23. The molecule has 0 bridgehead atoms. The fraction of sp³-hybridized carbons (Fsp3) is 0.300. The van der Waals surface area contributed by atoms with Crippen LogP contribution in [0.15, 0.2) is 18.2 Å². The fourth-order valence-corrected chi connectivity index (χ4v) is 1.90. The van der Waals surface area contributed by atoms with Crippen molar-refractivity contribution in [3.05, 3.63) is 33.8 Å². The number of halogens is 2. The molecule has 0 aliphatic heterocycles. The number of aliphatic hydroxyl groups is 1. The van der Waals surface area contributed by atoms with Gasteiger partial charge in [0.05, 0.1) is 0 Å². The molecule has 3 N–H and O–H groups in total. The predicted molar refractivity (Wildman–Crippen MR) is 61.6 cm³/mol. The van der Waals surface area contributed by atoms with Crippen molar-refractivity contribution in [2.24, 2.45) is 5.73 Å². The van der Waals surface area contributed by atoms with Crippen LogP contribution >= 0.6 is 23.2 Å². The maximum atomic E-state index is 10.5. The molecule has 0 heterocycles. The normalized spacial score (nSPS) is 14.2. The summed E-state index contributed by atoms with van der Waals surface area (Å²) in [6, 6.07) is 4.83. The van der Waals surface area contributed by atoms with Crippen molar-refractivity contribution in [2.75, 3.05) is 0 Å². The zero-order valence-corrected chi connectivity index (χ0v) is 10.00. The second kappa shape index (κ2) is 5.39. The predicted octanol–water partition coefficient (Wildman–Crippen LogP) is 2.51. The van der Waals surface area contributed by atoms with Gasteiger partial charge in [-0.05, 0) is 19.1 Å². The molecule has 2 atom stereocenters. The Morgan fingerprint density at radius 3 is 2.38 bits per heavy atom. The maximum Gasteiger partial charge on any atom is 0.404 e. The van der Waals surface area contributed by atoms with Crippen LogP contribution in [-0.2, 0) is 4.74 Å². The maximum absolute atomic E-state index is 10.5. The SMILES string of the molecule is C[C@@H](OC(N)=O)C(O)c1c(Cl)cccc1Cl. The Morgan fingerprint density at radius 2 is 1.94 bits per heavy atom. The van der Waals surface area contributed by atoms with E-state index in [1.165, 1.54) is 6.92 Å². The molecule has 0 aliphatic carbocycles. The van der Waals surface area contributed by atoms with E-state index >= 15 is 0 Å². The van der Waals surface area contributed by atoms with Crippen LogP contribution < -0.4 is 5.73 Å². The van der Waals surface area contributed by atoms with Gasteiger partial charge in [-0.2, -0.15) is 0 Å². The van der Waals surface area contributed by atoms with Gasteiger partial charge in [0.2, 0.25) is 0 Å². The van der Waals surface area contributed by atoms with Gasteiger partial charge in [-0.15, -0.1) is 0 Å². The number of hydrogen-bond donors (Lipinski definition) is 2. The molecule has 1 unspecified atom stereocenters. The van der Waals surface area contributed by atoms with Crippen molar-refractivity contribution in [2.45, 2.75) is 19.1 Å². The number of amides is 1. The van der Waals surface area contributed by atoms with E-state index in [4.69, 9.17) is 28.9 Å². The van der Waals surface area contributed by atoms with Gasteiger partial charge in [0.1, 0.15) is 12.2 Å². The van der Waals surface area contributed by atoms with Gasteiger partial charge in [0.15, 0.2) is 0 Å². The Bertz CT molecular complexity index is 377. The summed E-state index contributed by atoms with van der Waals surface area (Å²) in [4.78, 5) is 10.5. The molecule has 0 fully saturated rings. The van der Waals surface area contributed by atoms with E-state index in [-0.39, 0.29) is 0 Å². The van der Waals surface area contributed by atoms with Crippen LogP contribution in [0.1, 0.15) is 18.6 Å². The first-order chi connectivity index (χ1) is 7.43. The van der Waals surface area contributed by atoms with Gasteiger partial charge in [-0.25, -0.2) is 4.79 Å². The van der Waals surface area contributed by atoms with E-state index in [9.17, 15) is 9.90 Å². The average Bonchev–Trinajstić information content (AvgIpc) is 2.16. The fourth-order valence-electron chi connectivity index (χ4n) is 1.28. The lowest BCUT2D eigenvalue weighted by atomic mass is 10.1. The highest BCUT2D eigenvalue weighted by Crippen LogP contribution is 2.32. The number of primary amides is 1. The molecule has 0 radical (unpaired) electrons. The number of aliphatic hydroxyl groups excluding tert-OH is 1. The number of benzene rings is 1. The third kappa shape index (κ3) is 3.01. The molecule has 16 heavy (non-hydrogen) atoms. The number of nitrogens with two attached hydrogens (primary N) is 1. The van der Waals surface area contributed by atoms with Gasteiger partial charge >= 0.3 is 6.09 Å². The number of carbonyl (C=O) groups excluding carboxylic acids is 1. The Kier molecular flexibility index (Phi) is 4.41. The summed E-state index contributed by atoms with van der Waals surface area (Å²) in [6.45, 7) is 1.50. The van der Waals surface area contributed by atoms with Gasteiger partial charge in [-0.3, -0.25) is 0 Å². The number of carbonyl (C=O) groups is 1. The van der Waals surface area contributed by atoms with Gasteiger partial charge in [0, 0.05) is 15.6 Å². The van der Waals surface area contributed by atoms with E-state index in [2.05, 4.69) is 4.74 Å². The van der Waals surface area contributed by atoms with Crippen molar-refractivity contribution < 1.29 is 14.6 Å². The van der Waals surface area contributed by atoms with Crippen LogP contribution in [0, 0.1) is 0 Å². The standard InChI is InChI=1S/C10H11Cl2NO3/c1-5(16-10(13)15)9(14)8-6(11)3-2-4-7(8)12/h2-5,9,14H,1H3,(H2,13,15)/t5-,9?/m1/s1. The van der Waals surface area contributed by atoms with Crippen LogP contribution in [0.4, 0.5) is 4.79 Å². The lowest BCUT2D eigenvalue weighted by Gasteiger charge is -2.20. The molecule has 0 saturated carbocycles. The Morgan fingerprint density at radius 1 is 1.44 bits per heavy atom. The third-order valence-corrected chi connectivity index (χ3v) is 2.70. The molecule has 0 aliphatic rings. The van der Waals surface area contributed by atoms with E-state index in [1.807, 2.05) is 0 Å². The third-order valence-electron chi connectivity index (χ3n) is 2.04. The number of rotatable bonds is 3. The first-order valence-electron chi connectivity index (χ1n) is 4.51. The van der Waals surface area contributed by atoms with Crippen molar-refractivity contribution in [3.63, 3.8) is 0 Å². The summed E-state index contributed by atoms with van der Waals surface area (Å²) in [7, 11) is 0. The average molecular weight is 264 g/mol. The van der Waals surface area contributed by atoms with Gasteiger partial charge < -0.3 is 15.6 Å². The first-order valence-corrected chi connectivity index (χ1v) is 5.27. The largest absolute Gasteiger partial charge is 0.444 e. The van der Waals surface area contributed by atoms with Crippen LogP contribution in [0.25, 0.3) is 0 Å². The highest BCUT2D eigenvalue weighted by molar-refractivity contribution is 6.36. The molecular formula is C10H11Cl2NO3. The van der Waals surface area contributed by atoms with Crippen molar-refractivity contribution in [1.29, 1.82) is 0 Å². The molecule has 0 saturated heterocycles. The summed E-state index contributed by atoms with van der Waals surface area (Å²) >= 11 is 11.8. The van der Waals surface area contributed by atoms with Gasteiger partial charge in [0.25, 0.3) is 0 Å². The van der Waals surface area contributed by atoms with Crippen LogP contribution in [-0.4, -0.2) is 17.3 Å². The van der Waals surface area contributed by atoms with Crippen molar-refractivity contribution in [3.8, 4) is 0 Å². The van der Waals surface area contributed by atoms with Gasteiger partial charge in [-0.1, -0.05) is 29.3 Å². The molecule has 0 spiro atoms. The Balaban J connectivity index is 2.95. The van der Waals surface area contributed by atoms with Crippen LogP contribution in [0.5, 0.6) is 0 Å². The summed E-state index contributed by atoms with van der Waals surface area (Å²) in [5.74, 6) is 0. The summed E-state index contributed by atoms with van der Waals surface area (Å²) in [6.07, 6.45) is -2.90. The molecule has 1 aromatic carbocycles. The number of ether oxygens (including phenoxy) is 1. The highest BCUT2D eigenvalue weighted by atomic mass is 35.5. The van der Waals surface area contributed by atoms with Crippen LogP contribution in [0.3, 0.4) is 0 Å². The number of hydrogen-bond acceptors (Lipinski definition) is 3. The van der Waals surface area contributed by atoms with E-state index in [1.54, 1.807) is 18.2 Å². The van der Waals surface area contributed by atoms with E-state index in [0.717, 1.165) is 0 Å². The monoisotopic (exact) mass is 263 g/mol. The Hall–Kier alpha value is -0.970. The van der Waals surface area contributed by atoms with Crippen molar-refractivity contribution in [1.82, 2.24) is 0 Å². The zero-order chi connectivity index (χ0) is 12.3. The molecule has 1 amide bonds. The molecule has 0 aromatic heterocycles. The lowest BCUT2D eigenvalue weighted by Crippen LogP contribution is -2.26. The second-order valence-corrected chi connectivity index (χ2v) is 4.04. The summed E-state index contributed by atoms with van der Waals surface area (Å²) in [5.41, 5.74) is 5.17. The topological polar surface area (TPSA) is 72.5 Å². The minimum absolute atomic E-state index is 0.305. The summed E-state index contributed by atoms with van der Waals surface area (Å²) in [5, 5.41) is 10.5. The molecular weight excluding hydrogens is 253 g/mol. The Labute approximate surface area is 103 Å². The molecule has 4 nitrogen and oxygen atoms in total. The van der Waals surface area contributed by atoms with Crippen LogP contribution in [0.2, 0.25) is 10.0 Å². The molecule has 88 valence electrons. The smallest absolute Gasteiger partial charge is 0.404 e. The lowest BCUT2D eigenvalue weighted by molar-refractivity contribution is 0.0159. The quantitative estimate of drug-likeness (QED) is 0.880. The molecule has 6 heteroatoms. The molecule has 1 rings (SSSR count). The molecule has 1 aromatic rings. The van der Waals surface area contributed by atoms with E-state index < -0.39 is 18.3 Å². The minimum atomic E-state index is -1.12.